The zero-order chi connectivity index (χ0) is 19.7. The van der Waals surface area contributed by atoms with Gasteiger partial charge in [-0.15, -0.1) is 0 Å². The number of unbranched alkanes of at least 4 members (excludes halogenated alkanes) is 14. The summed E-state index contributed by atoms with van der Waals surface area (Å²) in [7, 11) is -4.65. The predicted octanol–water partition coefficient (Wildman–Crippen LogP) is 3.29. The minimum absolute atomic E-state index is 0. The Hall–Kier alpha value is 0.870. The van der Waals surface area contributed by atoms with Crippen molar-refractivity contribution in [3.05, 3.63) is 0 Å². The summed E-state index contributed by atoms with van der Waals surface area (Å²) in [4.78, 5) is -2.06. The van der Waals surface area contributed by atoms with Crippen molar-refractivity contribution in [2.75, 3.05) is 0 Å². The van der Waals surface area contributed by atoms with Crippen LogP contribution in [0.3, 0.4) is 0 Å². The first-order chi connectivity index (χ1) is 12.4. The Balaban J connectivity index is 0. The number of hydrogen-bond acceptors (Lipinski definition) is 4. The Bertz CT molecular complexity index is 414. The Morgan fingerprint density at radius 1 is 0.630 bits per heavy atom. The molecule has 0 rings (SSSR count). The van der Waals surface area contributed by atoms with E-state index in [9.17, 15) is 18.1 Å². The van der Waals surface area contributed by atoms with Gasteiger partial charge in [0, 0.05) is 0 Å². The summed E-state index contributed by atoms with van der Waals surface area (Å²) in [6.07, 6.45) is 18.6. The summed E-state index contributed by atoms with van der Waals surface area (Å²) >= 11 is 0. The minimum Gasteiger partial charge on any atom is -0.746 e. The molecule has 27 heavy (non-hydrogen) atoms. The molecule has 0 saturated carbocycles. The molecule has 158 valence electrons. The van der Waals surface area contributed by atoms with E-state index in [0.29, 0.717) is 12.8 Å². The molecule has 0 radical (unpaired) electrons. The summed E-state index contributed by atoms with van der Waals surface area (Å²) in [5.74, 6) is 0. The van der Waals surface area contributed by atoms with Crippen LogP contribution in [0.5, 0.6) is 0 Å². The van der Waals surface area contributed by atoms with E-state index in [1.54, 1.807) is 0 Å². The first-order valence-electron chi connectivity index (χ1n) is 11.0. The van der Waals surface area contributed by atoms with Crippen molar-refractivity contribution in [3.8, 4) is 0 Å². The number of aliphatic hydroxyl groups is 1. The summed E-state index contributed by atoms with van der Waals surface area (Å²) in [5.41, 5.74) is 0. The third kappa shape index (κ3) is 16.4. The minimum atomic E-state index is -4.65. The molecule has 0 amide bonds. The molecule has 0 saturated heterocycles. The van der Waals surface area contributed by atoms with Crippen molar-refractivity contribution in [2.45, 2.75) is 134 Å². The molecule has 1 atom stereocenters. The summed E-state index contributed by atoms with van der Waals surface area (Å²) in [6.45, 7) is 4.17. The van der Waals surface area contributed by atoms with Crippen LogP contribution in [0.25, 0.3) is 0 Å². The molecule has 0 bridgehead atoms. The first kappa shape index (κ1) is 30.1. The van der Waals surface area contributed by atoms with Crippen molar-refractivity contribution >= 4 is 10.1 Å². The average Bonchev–Trinajstić information content (AvgIpc) is 2.59. The molecule has 0 aliphatic heterocycles. The Kier molecular flexibility index (Phi) is 21.0. The Labute approximate surface area is 191 Å². The predicted molar refractivity (Wildman–Crippen MR) is 109 cm³/mol. The van der Waals surface area contributed by atoms with Crippen LogP contribution < -0.4 is 29.6 Å². The SMILES string of the molecule is CCCCCCCCCCCCCCCCC(O)(CCCC)S(=O)(=O)[O-].[Na+]. The first-order valence-corrected chi connectivity index (χ1v) is 12.5. The second-order valence-corrected chi connectivity index (χ2v) is 9.52. The number of hydrogen-bond donors (Lipinski definition) is 1. The average molecular weight is 415 g/mol. The van der Waals surface area contributed by atoms with Crippen LogP contribution in [-0.4, -0.2) is 23.0 Å². The van der Waals surface area contributed by atoms with Gasteiger partial charge < -0.3 is 9.66 Å². The van der Waals surface area contributed by atoms with E-state index in [1.807, 2.05) is 6.92 Å². The molecule has 4 nitrogen and oxygen atoms in total. The smallest absolute Gasteiger partial charge is 0.746 e. The third-order valence-electron chi connectivity index (χ3n) is 5.31. The van der Waals surface area contributed by atoms with Gasteiger partial charge in [-0.1, -0.05) is 104 Å². The standard InChI is InChI=1S/C21H44O4S.Na/c1-3-5-7-8-9-10-11-12-13-14-15-16-17-18-20-21(22,19-6-4-2)26(23,24)25;/h22H,3-20H2,1-2H3,(H,23,24,25);/q;+1/p-1. The van der Waals surface area contributed by atoms with Gasteiger partial charge in [0.05, 0.1) is 0 Å². The monoisotopic (exact) mass is 414 g/mol. The van der Waals surface area contributed by atoms with Gasteiger partial charge >= 0.3 is 29.6 Å². The van der Waals surface area contributed by atoms with Crippen molar-refractivity contribution in [2.24, 2.45) is 0 Å². The number of rotatable bonds is 19. The maximum Gasteiger partial charge on any atom is 1.00 e. The van der Waals surface area contributed by atoms with Crippen LogP contribution >= 0.6 is 0 Å². The third-order valence-corrected chi connectivity index (χ3v) is 6.65. The van der Waals surface area contributed by atoms with Gasteiger partial charge in [-0.05, 0) is 25.7 Å². The molecule has 1 unspecified atom stereocenters. The quantitative estimate of drug-likeness (QED) is 0.200. The van der Waals surface area contributed by atoms with Gasteiger partial charge in [-0.3, -0.25) is 0 Å². The van der Waals surface area contributed by atoms with E-state index in [2.05, 4.69) is 6.92 Å². The molecular formula is C21H43NaO4S. The summed E-state index contributed by atoms with van der Waals surface area (Å²) in [6, 6.07) is 0. The molecule has 1 N–H and O–H groups in total. The van der Waals surface area contributed by atoms with Crippen LogP contribution in [0.2, 0.25) is 0 Å². The fourth-order valence-corrected chi connectivity index (χ4v) is 4.21. The Morgan fingerprint density at radius 2 is 0.926 bits per heavy atom. The molecule has 0 aliphatic rings. The largest absolute Gasteiger partial charge is 1.00 e. The van der Waals surface area contributed by atoms with Gasteiger partial charge in [-0.25, -0.2) is 8.42 Å². The Morgan fingerprint density at radius 3 is 1.26 bits per heavy atom. The molecule has 0 fully saturated rings. The topological polar surface area (TPSA) is 77.4 Å². The second kappa shape index (κ2) is 18.9. The summed E-state index contributed by atoms with van der Waals surface area (Å²) in [5, 5.41) is 10.2. The summed E-state index contributed by atoms with van der Waals surface area (Å²) < 4.78 is 34.0. The molecule has 0 aromatic heterocycles. The van der Waals surface area contributed by atoms with Crippen molar-refractivity contribution in [1.29, 1.82) is 0 Å². The van der Waals surface area contributed by atoms with Gasteiger partial charge in [-0.2, -0.15) is 0 Å². The van der Waals surface area contributed by atoms with Gasteiger partial charge in [0.15, 0.2) is 4.93 Å². The molecule has 0 aromatic rings. The normalized spacial score (nSPS) is 13.9. The van der Waals surface area contributed by atoms with Crippen LogP contribution in [0.15, 0.2) is 0 Å². The van der Waals surface area contributed by atoms with E-state index < -0.39 is 15.1 Å². The van der Waals surface area contributed by atoms with E-state index in [4.69, 9.17) is 0 Å². The fourth-order valence-electron chi connectivity index (χ4n) is 3.42. The maximum atomic E-state index is 11.3. The second-order valence-electron chi connectivity index (χ2n) is 7.85. The zero-order valence-electron chi connectivity index (χ0n) is 18.3. The van der Waals surface area contributed by atoms with Crippen molar-refractivity contribution in [3.63, 3.8) is 0 Å². The van der Waals surface area contributed by atoms with Crippen molar-refractivity contribution in [1.82, 2.24) is 0 Å². The van der Waals surface area contributed by atoms with E-state index in [1.165, 1.54) is 64.2 Å². The molecular weight excluding hydrogens is 371 g/mol. The maximum absolute atomic E-state index is 11.3. The van der Waals surface area contributed by atoms with Crippen LogP contribution in [0.1, 0.15) is 129 Å². The van der Waals surface area contributed by atoms with Gasteiger partial charge in [0.1, 0.15) is 10.1 Å². The fraction of sp³-hybridized carbons (Fsp3) is 1.00. The van der Waals surface area contributed by atoms with E-state index >= 15 is 0 Å². The van der Waals surface area contributed by atoms with Crippen LogP contribution in [0, 0.1) is 0 Å². The van der Waals surface area contributed by atoms with Crippen molar-refractivity contribution < 1.29 is 47.6 Å². The molecule has 0 heterocycles. The van der Waals surface area contributed by atoms with Crippen LogP contribution in [-0.2, 0) is 10.1 Å². The molecule has 0 spiro atoms. The van der Waals surface area contributed by atoms with E-state index in [0.717, 1.165) is 25.7 Å². The van der Waals surface area contributed by atoms with E-state index in [-0.39, 0.29) is 42.4 Å². The zero-order valence-corrected chi connectivity index (χ0v) is 21.1. The van der Waals surface area contributed by atoms with Crippen LogP contribution in [0.4, 0.5) is 0 Å². The molecule has 0 aliphatic carbocycles. The molecule has 0 aromatic carbocycles. The van der Waals surface area contributed by atoms with Gasteiger partial charge in [0.2, 0.25) is 0 Å². The van der Waals surface area contributed by atoms with Gasteiger partial charge in [0.25, 0.3) is 0 Å². The molecule has 6 heteroatoms.